The van der Waals surface area contributed by atoms with E-state index in [4.69, 9.17) is 4.74 Å². The second kappa shape index (κ2) is 6.66. The van der Waals surface area contributed by atoms with Crippen LogP contribution in [-0.4, -0.2) is 50.2 Å². The third-order valence-corrected chi connectivity index (χ3v) is 6.03. The maximum absolute atomic E-state index is 12.6. The molecule has 21 heavy (non-hydrogen) atoms. The SMILES string of the molecule is CC(CC(=O)N1CCC2(CCOCC2)C1)C1CCNCC1. The van der Waals surface area contributed by atoms with Crippen LogP contribution < -0.4 is 5.32 Å². The zero-order valence-electron chi connectivity index (χ0n) is 13.4. The van der Waals surface area contributed by atoms with Crippen LogP contribution in [0.5, 0.6) is 0 Å². The van der Waals surface area contributed by atoms with Crippen molar-refractivity contribution in [1.29, 1.82) is 0 Å². The van der Waals surface area contributed by atoms with Crippen molar-refractivity contribution in [2.24, 2.45) is 17.3 Å². The summed E-state index contributed by atoms with van der Waals surface area (Å²) in [6, 6.07) is 0. The summed E-state index contributed by atoms with van der Waals surface area (Å²) in [5, 5.41) is 3.41. The molecule has 1 unspecified atom stereocenters. The lowest BCUT2D eigenvalue weighted by Gasteiger charge is -2.33. The molecule has 4 heteroatoms. The number of piperidine rings is 1. The molecular formula is C17H30N2O2. The van der Waals surface area contributed by atoms with E-state index in [0.717, 1.165) is 64.6 Å². The number of carbonyl (C=O) groups excluding carboxylic acids is 1. The largest absolute Gasteiger partial charge is 0.381 e. The van der Waals surface area contributed by atoms with E-state index in [2.05, 4.69) is 17.1 Å². The highest BCUT2D eigenvalue weighted by Gasteiger charge is 2.41. The summed E-state index contributed by atoms with van der Waals surface area (Å²) in [7, 11) is 0. The molecule has 0 aromatic rings. The second-order valence-corrected chi connectivity index (χ2v) is 7.45. The lowest BCUT2D eigenvalue weighted by Crippen LogP contribution is -2.37. The van der Waals surface area contributed by atoms with E-state index in [0.29, 0.717) is 17.2 Å². The zero-order valence-corrected chi connectivity index (χ0v) is 13.4. The van der Waals surface area contributed by atoms with Crippen LogP contribution in [0.2, 0.25) is 0 Å². The van der Waals surface area contributed by atoms with Crippen LogP contribution in [0.1, 0.15) is 45.4 Å². The highest BCUT2D eigenvalue weighted by molar-refractivity contribution is 5.76. The Balaban J connectivity index is 1.49. The van der Waals surface area contributed by atoms with Crippen LogP contribution in [0, 0.1) is 17.3 Å². The number of hydrogen-bond acceptors (Lipinski definition) is 3. The molecule has 3 fully saturated rings. The van der Waals surface area contributed by atoms with Gasteiger partial charge in [0.15, 0.2) is 0 Å². The molecule has 1 N–H and O–H groups in total. The summed E-state index contributed by atoms with van der Waals surface area (Å²) in [5.74, 6) is 1.66. The molecule has 120 valence electrons. The molecule has 3 rings (SSSR count). The van der Waals surface area contributed by atoms with Crippen LogP contribution in [0.25, 0.3) is 0 Å². The first kappa shape index (κ1) is 15.3. The minimum absolute atomic E-state index is 0.381. The molecule has 0 aromatic heterocycles. The van der Waals surface area contributed by atoms with Gasteiger partial charge in [-0.3, -0.25) is 4.79 Å². The Morgan fingerprint density at radius 3 is 2.71 bits per heavy atom. The molecule has 3 aliphatic heterocycles. The average molecular weight is 294 g/mol. The van der Waals surface area contributed by atoms with Crippen LogP contribution in [0.15, 0.2) is 0 Å². The molecule has 0 saturated carbocycles. The molecule has 0 aromatic carbocycles. The first-order chi connectivity index (χ1) is 10.2. The van der Waals surface area contributed by atoms with Gasteiger partial charge >= 0.3 is 0 Å². The van der Waals surface area contributed by atoms with Gasteiger partial charge in [0.2, 0.25) is 5.91 Å². The molecule has 0 bridgehead atoms. The maximum atomic E-state index is 12.6. The van der Waals surface area contributed by atoms with Crippen molar-refractivity contribution in [2.75, 3.05) is 39.4 Å². The molecule has 1 spiro atoms. The molecule has 3 saturated heterocycles. The van der Waals surface area contributed by atoms with Crippen molar-refractivity contribution in [1.82, 2.24) is 10.2 Å². The highest BCUT2D eigenvalue weighted by atomic mass is 16.5. The Kier molecular flexibility index (Phi) is 4.85. The number of carbonyl (C=O) groups is 1. The topological polar surface area (TPSA) is 41.6 Å². The van der Waals surface area contributed by atoms with E-state index >= 15 is 0 Å². The Bertz CT molecular complexity index is 360. The number of nitrogens with zero attached hydrogens (tertiary/aromatic N) is 1. The summed E-state index contributed by atoms with van der Waals surface area (Å²) in [4.78, 5) is 14.7. The first-order valence-corrected chi connectivity index (χ1v) is 8.75. The highest BCUT2D eigenvalue weighted by Crippen LogP contribution is 2.40. The van der Waals surface area contributed by atoms with E-state index in [9.17, 15) is 4.79 Å². The van der Waals surface area contributed by atoms with Gasteiger partial charge in [-0.05, 0) is 62.4 Å². The van der Waals surface area contributed by atoms with Gasteiger partial charge in [-0.15, -0.1) is 0 Å². The molecule has 3 aliphatic rings. The van der Waals surface area contributed by atoms with Crippen molar-refractivity contribution in [2.45, 2.75) is 45.4 Å². The quantitative estimate of drug-likeness (QED) is 0.866. The van der Waals surface area contributed by atoms with E-state index in [1.807, 2.05) is 0 Å². The Morgan fingerprint density at radius 1 is 1.29 bits per heavy atom. The fraction of sp³-hybridized carbons (Fsp3) is 0.941. The number of ether oxygens (including phenoxy) is 1. The van der Waals surface area contributed by atoms with E-state index in [1.165, 1.54) is 19.3 Å². The van der Waals surface area contributed by atoms with E-state index in [-0.39, 0.29) is 0 Å². The Hall–Kier alpha value is -0.610. The third-order valence-electron chi connectivity index (χ3n) is 6.03. The molecule has 1 amide bonds. The standard InChI is InChI=1S/C17H30N2O2/c1-14(15-2-7-18-8-3-15)12-16(20)19-9-4-17(13-19)5-10-21-11-6-17/h14-15,18H,2-13H2,1H3. The summed E-state index contributed by atoms with van der Waals surface area (Å²) < 4.78 is 5.49. The number of hydrogen-bond donors (Lipinski definition) is 1. The van der Waals surface area contributed by atoms with Crippen molar-refractivity contribution in [3.63, 3.8) is 0 Å². The van der Waals surface area contributed by atoms with Gasteiger partial charge in [0.1, 0.15) is 0 Å². The summed E-state index contributed by atoms with van der Waals surface area (Å²) >= 11 is 0. The van der Waals surface area contributed by atoms with Crippen LogP contribution in [-0.2, 0) is 9.53 Å². The van der Waals surface area contributed by atoms with Crippen molar-refractivity contribution in [3.05, 3.63) is 0 Å². The maximum Gasteiger partial charge on any atom is 0.222 e. The fourth-order valence-electron chi connectivity index (χ4n) is 4.35. The van der Waals surface area contributed by atoms with Gasteiger partial charge in [-0.25, -0.2) is 0 Å². The van der Waals surface area contributed by atoms with Crippen molar-refractivity contribution in [3.8, 4) is 0 Å². The lowest BCUT2D eigenvalue weighted by atomic mass is 9.79. The summed E-state index contributed by atoms with van der Waals surface area (Å²) in [6.45, 7) is 8.23. The zero-order chi connectivity index (χ0) is 14.7. The predicted octanol–water partition coefficient (Wildman–Crippen LogP) is 2.04. The fourth-order valence-corrected chi connectivity index (χ4v) is 4.35. The average Bonchev–Trinajstić information content (AvgIpc) is 2.92. The van der Waals surface area contributed by atoms with Gasteiger partial charge in [-0.1, -0.05) is 6.92 Å². The normalized spacial score (nSPS) is 28.0. The summed E-state index contributed by atoms with van der Waals surface area (Å²) in [6.07, 6.45) is 6.67. The molecule has 0 radical (unpaired) electrons. The lowest BCUT2D eigenvalue weighted by molar-refractivity contribution is -0.132. The molecule has 4 nitrogen and oxygen atoms in total. The minimum atomic E-state index is 0.381. The Labute approximate surface area is 128 Å². The molecular weight excluding hydrogens is 264 g/mol. The van der Waals surface area contributed by atoms with Crippen molar-refractivity contribution >= 4 is 5.91 Å². The van der Waals surface area contributed by atoms with Gasteiger partial charge in [-0.2, -0.15) is 0 Å². The smallest absolute Gasteiger partial charge is 0.222 e. The minimum Gasteiger partial charge on any atom is -0.381 e. The van der Waals surface area contributed by atoms with Gasteiger partial charge in [0, 0.05) is 32.7 Å². The number of nitrogens with one attached hydrogen (secondary N) is 1. The molecule has 1 atom stereocenters. The van der Waals surface area contributed by atoms with Gasteiger partial charge in [0.05, 0.1) is 0 Å². The predicted molar refractivity (Wildman–Crippen MR) is 83.1 cm³/mol. The van der Waals surface area contributed by atoms with Crippen molar-refractivity contribution < 1.29 is 9.53 Å². The van der Waals surface area contributed by atoms with Crippen LogP contribution in [0.4, 0.5) is 0 Å². The second-order valence-electron chi connectivity index (χ2n) is 7.45. The van der Waals surface area contributed by atoms with Crippen LogP contribution >= 0.6 is 0 Å². The number of amides is 1. The first-order valence-electron chi connectivity index (χ1n) is 8.75. The summed E-state index contributed by atoms with van der Waals surface area (Å²) in [5.41, 5.74) is 0.381. The van der Waals surface area contributed by atoms with E-state index < -0.39 is 0 Å². The third kappa shape index (κ3) is 3.59. The van der Waals surface area contributed by atoms with Gasteiger partial charge in [0.25, 0.3) is 0 Å². The molecule has 3 heterocycles. The van der Waals surface area contributed by atoms with E-state index in [1.54, 1.807) is 0 Å². The van der Waals surface area contributed by atoms with Gasteiger partial charge < -0.3 is 15.0 Å². The number of likely N-dealkylation sites (tertiary alicyclic amines) is 1. The number of rotatable bonds is 3. The molecule has 0 aliphatic carbocycles. The Morgan fingerprint density at radius 2 is 2.00 bits per heavy atom. The van der Waals surface area contributed by atoms with Crippen LogP contribution in [0.3, 0.4) is 0 Å². The monoisotopic (exact) mass is 294 g/mol.